The summed E-state index contributed by atoms with van der Waals surface area (Å²) in [6.45, 7) is 0.860. The number of aromatic nitrogens is 2. The first-order chi connectivity index (χ1) is 14.5. The standard InChI is InChI=1S/C21H26N4O4S/c1-22-15-11-25-21(29-12-15)19(10-23-25)30(27,28)24-20(26)9-18-16-6-2-4-13(16)8-14-5-3-7-17(14)18/h8,10,15,22H,2-7,9,11-12H2,1H3,(H,24,26)/t15-/m0/s1. The Hall–Kier alpha value is -2.39. The van der Waals surface area contributed by atoms with Crippen LogP contribution >= 0.6 is 0 Å². The molecule has 5 rings (SSSR count). The fourth-order valence-corrected chi connectivity index (χ4v) is 6.04. The number of carbonyl (C=O) groups is 1. The van der Waals surface area contributed by atoms with E-state index >= 15 is 0 Å². The van der Waals surface area contributed by atoms with Crippen LogP contribution in [0.1, 0.15) is 40.7 Å². The van der Waals surface area contributed by atoms with Crippen molar-refractivity contribution in [1.29, 1.82) is 0 Å². The van der Waals surface area contributed by atoms with E-state index in [-0.39, 0.29) is 23.2 Å². The molecular formula is C21H26N4O4S. The van der Waals surface area contributed by atoms with Crippen LogP contribution in [0.15, 0.2) is 17.2 Å². The zero-order chi connectivity index (χ0) is 20.9. The van der Waals surface area contributed by atoms with Crippen LogP contribution in [0, 0.1) is 0 Å². The van der Waals surface area contributed by atoms with E-state index in [0.29, 0.717) is 13.2 Å². The number of aryl methyl sites for hydroxylation is 2. The Balaban J connectivity index is 1.38. The molecule has 0 spiro atoms. The summed E-state index contributed by atoms with van der Waals surface area (Å²) in [7, 11) is -2.24. The minimum atomic E-state index is -4.06. The van der Waals surface area contributed by atoms with Crippen LogP contribution in [-0.2, 0) is 53.5 Å². The van der Waals surface area contributed by atoms with Crippen molar-refractivity contribution in [3.05, 3.63) is 40.1 Å². The van der Waals surface area contributed by atoms with Crippen LogP contribution in [0.4, 0.5) is 0 Å². The minimum absolute atomic E-state index is 0.0600. The molecule has 1 atom stereocenters. The number of amides is 1. The van der Waals surface area contributed by atoms with Crippen LogP contribution < -0.4 is 14.8 Å². The highest BCUT2D eigenvalue weighted by Crippen LogP contribution is 2.35. The zero-order valence-electron chi connectivity index (χ0n) is 17.0. The summed E-state index contributed by atoms with van der Waals surface area (Å²) >= 11 is 0. The molecule has 9 heteroatoms. The lowest BCUT2D eigenvalue weighted by Crippen LogP contribution is -2.40. The number of rotatable bonds is 5. The third kappa shape index (κ3) is 3.30. The lowest BCUT2D eigenvalue weighted by atomic mass is 9.92. The van der Waals surface area contributed by atoms with Crippen LogP contribution in [-0.4, -0.2) is 43.8 Å². The Morgan fingerprint density at radius 3 is 2.57 bits per heavy atom. The Morgan fingerprint density at radius 2 is 1.90 bits per heavy atom. The molecule has 2 aromatic rings. The van der Waals surface area contributed by atoms with E-state index in [1.807, 2.05) is 7.05 Å². The summed E-state index contributed by atoms with van der Waals surface area (Å²) in [6.07, 6.45) is 7.56. The molecule has 8 nitrogen and oxygen atoms in total. The smallest absolute Gasteiger partial charge is 0.271 e. The van der Waals surface area contributed by atoms with Crippen molar-refractivity contribution in [1.82, 2.24) is 19.8 Å². The quantitative estimate of drug-likeness (QED) is 0.730. The largest absolute Gasteiger partial charge is 0.475 e. The molecule has 3 aliphatic rings. The molecule has 1 aromatic heterocycles. The number of hydrogen-bond acceptors (Lipinski definition) is 6. The van der Waals surface area contributed by atoms with Gasteiger partial charge in [-0.2, -0.15) is 5.10 Å². The normalized spacial score (nSPS) is 19.7. The first-order valence-corrected chi connectivity index (χ1v) is 12.0. The van der Waals surface area contributed by atoms with Gasteiger partial charge in [0.1, 0.15) is 6.61 Å². The van der Waals surface area contributed by atoms with Gasteiger partial charge in [0.25, 0.3) is 10.0 Å². The maximum absolute atomic E-state index is 12.9. The molecule has 30 heavy (non-hydrogen) atoms. The van der Waals surface area contributed by atoms with Crippen molar-refractivity contribution < 1.29 is 17.9 Å². The maximum atomic E-state index is 12.9. The van der Waals surface area contributed by atoms with Crippen LogP contribution in [0.2, 0.25) is 0 Å². The molecule has 1 aliphatic heterocycles. The summed E-state index contributed by atoms with van der Waals surface area (Å²) < 4.78 is 35.2. The van der Waals surface area contributed by atoms with Crippen molar-refractivity contribution >= 4 is 15.9 Å². The van der Waals surface area contributed by atoms with Crippen molar-refractivity contribution in [2.45, 2.75) is 62.4 Å². The van der Waals surface area contributed by atoms with Gasteiger partial charge in [-0.25, -0.2) is 17.8 Å². The second kappa shape index (κ2) is 7.39. The second-order valence-electron chi connectivity index (χ2n) is 8.34. The Kier molecular flexibility index (Phi) is 4.82. The molecule has 160 valence electrons. The molecule has 0 unspecified atom stereocenters. The summed E-state index contributed by atoms with van der Waals surface area (Å²) in [6, 6.07) is 2.36. The molecule has 0 saturated heterocycles. The molecular weight excluding hydrogens is 404 g/mol. The number of likely N-dealkylation sites (N-methyl/N-ethyl adjacent to an activating group) is 1. The molecule has 2 heterocycles. The third-order valence-electron chi connectivity index (χ3n) is 6.46. The summed E-state index contributed by atoms with van der Waals surface area (Å²) in [5.74, 6) is -0.323. The molecule has 2 N–H and O–H groups in total. The average molecular weight is 431 g/mol. The monoisotopic (exact) mass is 430 g/mol. The van der Waals surface area contributed by atoms with Gasteiger partial charge >= 0.3 is 0 Å². The fourth-order valence-electron chi connectivity index (χ4n) is 4.98. The Labute approximate surface area is 176 Å². The molecule has 0 bridgehead atoms. The van der Waals surface area contributed by atoms with Crippen molar-refractivity contribution in [3.8, 4) is 5.88 Å². The molecule has 0 saturated carbocycles. The van der Waals surface area contributed by atoms with Gasteiger partial charge < -0.3 is 10.1 Å². The van der Waals surface area contributed by atoms with Crippen molar-refractivity contribution in [2.75, 3.05) is 13.7 Å². The van der Waals surface area contributed by atoms with Crippen LogP contribution in [0.5, 0.6) is 5.88 Å². The van der Waals surface area contributed by atoms with E-state index in [9.17, 15) is 13.2 Å². The highest BCUT2D eigenvalue weighted by molar-refractivity contribution is 7.90. The predicted octanol–water partition coefficient (Wildman–Crippen LogP) is 0.889. The minimum Gasteiger partial charge on any atom is -0.475 e. The van der Waals surface area contributed by atoms with Crippen molar-refractivity contribution in [2.24, 2.45) is 0 Å². The number of fused-ring (bicyclic) bond motifs is 3. The van der Waals surface area contributed by atoms with Crippen molar-refractivity contribution in [3.63, 3.8) is 0 Å². The molecule has 0 radical (unpaired) electrons. The number of hydrogen-bond donors (Lipinski definition) is 2. The van der Waals surface area contributed by atoms with E-state index in [1.165, 1.54) is 33.1 Å². The zero-order valence-corrected chi connectivity index (χ0v) is 17.8. The van der Waals surface area contributed by atoms with Gasteiger partial charge in [0.15, 0.2) is 4.90 Å². The highest BCUT2D eigenvalue weighted by Gasteiger charge is 2.31. The van der Waals surface area contributed by atoms with Gasteiger partial charge in [-0.1, -0.05) is 6.07 Å². The molecule has 0 fully saturated rings. The number of carbonyl (C=O) groups excluding carboxylic acids is 1. The van der Waals surface area contributed by atoms with Gasteiger partial charge in [0.2, 0.25) is 11.8 Å². The molecule has 2 aliphatic carbocycles. The lowest BCUT2D eigenvalue weighted by Gasteiger charge is -2.24. The lowest BCUT2D eigenvalue weighted by molar-refractivity contribution is -0.118. The summed E-state index contributed by atoms with van der Waals surface area (Å²) in [5.41, 5.74) is 6.23. The van der Waals surface area contributed by atoms with Gasteiger partial charge in [-0.15, -0.1) is 0 Å². The van der Waals surface area contributed by atoms with Gasteiger partial charge in [0, 0.05) is 0 Å². The van der Waals surface area contributed by atoms with Crippen LogP contribution in [0.3, 0.4) is 0 Å². The summed E-state index contributed by atoms with van der Waals surface area (Å²) in [5, 5.41) is 7.22. The number of nitrogens with one attached hydrogen (secondary N) is 2. The van der Waals surface area contributed by atoms with E-state index in [4.69, 9.17) is 4.74 Å². The van der Waals surface area contributed by atoms with Gasteiger partial charge in [-0.05, 0) is 73.4 Å². The van der Waals surface area contributed by atoms with E-state index in [2.05, 4.69) is 21.2 Å². The third-order valence-corrected chi connectivity index (χ3v) is 7.81. The van der Waals surface area contributed by atoms with E-state index < -0.39 is 15.9 Å². The van der Waals surface area contributed by atoms with E-state index in [1.54, 1.807) is 0 Å². The number of benzene rings is 1. The number of nitrogens with zero attached hydrogens (tertiary/aromatic N) is 2. The molecule has 1 aromatic carbocycles. The first kappa shape index (κ1) is 19.6. The fraction of sp³-hybridized carbons (Fsp3) is 0.524. The van der Waals surface area contributed by atoms with Gasteiger partial charge in [0.05, 0.1) is 25.2 Å². The Bertz CT molecular complexity index is 1090. The first-order valence-electron chi connectivity index (χ1n) is 10.5. The SMILES string of the molecule is CN[C@@H]1COc2c(S(=O)(=O)NC(=O)Cc3c4c(cc5c3CCC5)CCC4)cnn2C1. The predicted molar refractivity (Wildman–Crippen MR) is 110 cm³/mol. The topological polar surface area (TPSA) is 102 Å². The van der Waals surface area contributed by atoms with E-state index in [0.717, 1.165) is 44.1 Å². The molecule has 1 amide bonds. The highest BCUT2D eigenvalue weighted by atomic mass is 32.2. The summed E-state index contributed by atoms with van der Waals surface area (Å²) in [4.78, 5) is 12.7. The van der Waals surface area contributed by atoms with Crippen LogP contribution in [0.25, 0.3) is 0 Å². The Morgan fingerprint density at radius 1 is 1.20 bits per heavy atom. The maximum Gasteiger partial charge on any atom is 0.271 e. The number of ether oxygens (including phenoxy) is 1. The average Bonchev–Trinajstić information content (AvgIpc) is 3.45. The number of sulfonamides is 1. The second-order valence-corrected chi connectivity index (χ2v) is 9.99. The van der Waals surface area contributed by atoms with Gasteiger partial charge in [-0.3, -0.25) is 4.79 Å².